The quantitative estimate of drug-likeness (QED) is 0.802. The Morgan fingerprint density at radius 3 is 2.77 bits per heavy atom. The predicted octanol–water partition coefficient (Wildman–Crippen LogP) is 3.32. The Balaban J connectivity index is 1.42. The van der Waals surface area contributed by atoms with E-state index in [0.717, 1.165) is 24.9 Å². The summed E-state index contributed by atoms with van der Waals surface area (Å²) in [7, 11) is 0. The van der Waals surface area contributed by atoms with Crippen molar-refractivity contribution in [1.29, 1.82) is 0 Å². The zero-order valence-electron chi connectivity index (χ0n) is 14.0. The number of nitrogens with zero attached hydrogens (tertiary/aromatic N) is 2. The number of aryl methyl sites for hydroxylation is 1. The third-order valence-corrected chi connectivity index (χ3v) is 5.05. The van der Waals surface area contributed by atoms with Crippen LogP contribution in [-0.4, -0.2) is 55.2 Å². The van der Waals surface area contributed by atoms with Crippen LogP contribution in [0.25, 0.3) is 0 Å². The summed E-state index contributed by atoms with van der Waals surface area (Å²) in [4.78, 5) is 5.32. The molecule has 3 rings (SSSR count). The molecule has 122 valence electrons. The van der Waals surface area contributed by atoms with Crippen molar-refractivity contribution in [2.24, 2.45) is 0 Å². The minimum absolute atomic E-state index is 0.749. The van der Waals surface area contributed by atoms with Crippen LogP contribution >= 0.6 is 0 Å². The van der Waals surface area contributed by atoms with Gasteiger partial charge in [0.25, 0.3) is 0 Å². The zero-order valence-corrected chi connectivity index (χ0v) is 14.0. The molecule has 2 saturated heterocycles. The summed E-state index contributed by atoms with van der Waals surface area (Å²) in [5, 5.41) is 0. The van der Waals surface area contributed by atoms with E-state index in [1.807, 2.05) is 0 Å². The SMILES string of the molecule is Cc1cccc(OCCN2CCCC2CN2CCCCC2)c1. The van der Waals surface area contributed by atoms with Gasteiger partial charge in [-0.05, 0) is 69.9 Å². The molecular weight excluding hydrogens is 272 g/mol. The van der Waals surface area contributed by atoms with E-state index in [1.54, 1.807) is 0 Å². The molecule has 0 saturated carbocycles. The van der Waals surface area contributed by atoms with Gasteiger partial charge in [0, 0.05) is 19.1 Å². The number of hydrogen-bond acceptors (Lipinski definition) is 3. The lowest BCUT2D eigenvalue weighted by molar-refractivity contribution is 0.138. The van der Waals surface area contributed by atoms with Crippen molar-refractivity contribution in [1.82, 2.24) is 9.80 Å². The number of ether oxygens (including phenoxy) is 1. The second-order valence-electron chi connectivity index (χ2n) is 6.86. The van der Waals surface area contributed by atoms with Crippen molar-refractivity contribution in [3.8, 4) is 5.75 Å². The highest BCUT2D eigenvalue weighted by atomic mass is 16.5. The molecule has 2 fully saturated rings. The van der Waals surface area contributed by atoms with Gasteiger partial charge in [0.15, 0.2) is 0 Å². The lowest BCUT2D eigenvalue weighted by atomic mass is 10.1. The lowest BCUT2D eigenvalue weighted by Crippen LogP contribution is -2.43. The normalized spacial score (nSPS) is 23.8. The van der Waals surface area contributed by atoms with E-state index in [2.05, 4.69) is 41.0 Å². The van der Waals surface area contributed by atoms with Gasteiger partial charge in [-0.25, -0.2) is 0 Å². The highest BCUT2D eigenvalue weighted by molar-refractivity contribution is 5.27. The maximum Gasteiger partial charge on any atom is 0.119 e. The van der Waals surface area contributed by atoms with Crippen LogP contribution in [-0.2, 0) is 0 Å². The van der Waals surface area contributed by atoms with Gasteiger partial charge < -0.3 is 9.64 Å². The van der Waals surface area contributed by atoms with Gasteiger partial charge in [0.1, 0.15) is 12.4 Å². The molecule has 1 unspecified atom stereocenters. The van der Waals surface area contributed by atoms with E-state index in [9.17, 15) is 0 Å². The average Bonchev–Trinajstić information content (AvgIpc) is 2.96. The molecule has 1 atom stereocenters. The molecule has 2 heterocycles. The highest BCUT2D eigenvalue weighted by Crippen LogP contribution is 2.20. The first-order valence-corrected chi connectivity index (χ1v) is 8.97. The Kier molecular flexibility index (Phi) is 5.74. The summed E-state index contributed by atoms with van der Waals surface area (Å²) < 4.78 is 5.93. The fourth-order valence-corrected chi connectivity index (χ4v) is 3.82. The van der Waals surface area contributed by atoms with Gasteiger partial charge in [0.2, 0.25) is 0 Å². The van der Waals surface area contributed by atoms with E-state index in [0.29, 0.717) is 0 Å². The summed E-state index contributed by atoms with van der Waals surface area (Å²) in [6.07, 6.45) is 6.92. The Bertz CT molecular complexity index is 457. The summed E-state index contributed by atoms with van der Waals surface area (Å²) in [5.74, 6) is 1.01. The van der Waals surface area contributed by atoms with Crippen LogP contribution in [0.1, 0.15) is 37.7 Å². The average molecular weight is 302 g/mol. The molecule has 0 amide bonds. The van der Waals surface area contributed by atoms with Crippen LogP contribution in [0, 0.1) is 6.92 Å². The predicted molar refractivity (Wildman–Crippen MR) is 91.6 cm³/mol. The molecule has 0 aliphatic carbocycles. The number of piperidine rings is 1. The Morgan fingerprint density at radius 1 is 1.09 bits per heavy atom. The third-order valence-electron chi connectivity index (χ3n) is 5.05. The molecule has 0 bridgehead atoms. The van der Waals surface area contributed by atoms with Gasteiger partial charge >= 0.3 is 0 Å². The molecule has 0 N–H and O–H groups in total. The molecule has 2 aliphatic rings. The molecule has 1 aromatic rings. The van der Waals surface area contributed by atoms with E-state index >= 15 is 0 Å². The van der Waals surface area contributed by atoms with Gasteiger partial charge in [0.05, 0.1) is 0 Å². The molecule has 3 heteroatoms. The minimum atomic E-state index is 0.749. The van der Waals surface area contributed by atoms with Crippen LogP contribution < -0.4 is 4.74 Å². The molecule has 0 spiro atoms. The first kappa shape index (κ1) is 15.8. The van der Waals surface area contributed by atoms with E-state index in [-0.39, 0.29) is 0 Å². The van der Waals surface area contributed by atoms with Gasteiger partial charge in [-0.3, -0.25) is 4.90 Å². The molecule has 3 nitrogen and oxygen atoms in total. The third kappa shape index (κ3) is 4.47. The Morgan fingerprint density at radius 2 is 1.95 bits per heavy atom. The second-order valence-corrected chi connectivity index (χ2v) is 6.86. The monoisotopic (exact) mass is 302 g/mol. The standard InChI is InChI=1S/C19H30N2O/c1-17-7-5-9-19(15-17)22-14-13-21-12-6-8-18(21)16-20-10-3-2-4-11-20/h5,7,9,15,18H,2-4,6,8,10-14,16H2,1H3. The molecule has 1 aromatic carbocycles. The zero-order chi connectivity index (χ0) is 15.2. The van der Waals surface area contributed by atoms with Crippen LogP contribution in [0.2, 0.25) is 0 Å². The van der Waals surface area contributed by atoms with E-state index in [4.69, 9.17) is 4.74 Å². The smallest absolute Gasteiger partial charge is 0.119 e. The number of likely N-dealkylation sites (tertiary alicyclic amines) is 2. The van der Waals surface area contributed by atoms with Crippen LogP contribution in [0.4, 0.5) is 0 Å². The summed E-state index contributed by atoms with van der Waals surface area (Å²) in [6.45, 7) is 9.11. The van der Waals surface area contributed by atoms with E-state index in [1.165, 1.54) is 63.8 Å². The fourth-order valence-electron chi connectivity index (χ4n) is 3.82. The molecule has 0 radical (unpaired) electrons. The van der Waals surface area contributed by atoms with Crippen LogP contribution in [0.3, 0.4) is 0 Å². The van der Waals surface area contributed by atoms with Crippen molar-refractivity contribution in [3.05, 3.63) is 29.8 Å². The fraction of sp³-hybridized carbons (Fsp3) is 0.684. The van der Waals surface area contributed by atoms with E-state index < -0.39 is 0 Å². The Labute approximate surface area is 135 Å². The van der Waals surface area contributed by atoms with Crippen LogP contribution in [0.5, 0.6) is 5.75 Å². The minimum Gasteiger partial charge on any atom is -0.492 e. The van der Waals surface area contributed by atoms with Gasteiger partial charge in [-0.2, -0.15) is 0 Å². The largest absolute Gasteiger partial charge is 0.492 e. The molecule has 2 aliphatic heterocycles. The first-order valence-electron chi connectivity index (χ1n) is 8.97. The van der Waals surface area contributed by atoms with Crippen molar-refractivity contribution in [2.45, 2.75) is 45.1 Å². The van der Waals surface area contributed by atoms with Crippen LogP contribution in [0.15, 0.2) is 24.3 Å². The number of rotatable bonds is 6. The van der Waals surface area contributed by atoms with Crippen molar-refractivity contribution in [2.75, 3.05) is 39.3 Å². The number of benzene rings is 1. The first-order chi connectivity index (χ1) is 10.8. The van der Waals surface area contributed by atoms with Gasteiger partial charge in [-0.15, -0.1) is 0 Å². The van der Waals surface area contributed by atoms with Crippen molar-refractivity contribution in [3.63, 3.8) is 0 Å². The van der Waals surface area contributed by atoms with Crippen molar-refractivity contribution < 1.29 is 4.74 Å². The maximum absolute atomic E-state index is 5.93. The van der Waals surface area contributed by atoms with Crippen molar-refractivity contribution >= 4 is 0 Å². The molecule has 22 heavy (non-hydrogen) atoms. The van der Waals surface area contributed by atoms with Gasteiger partial charge in [-0.1, -0.05) is 18.6 Å². The second kappa shape index (κ2) is 7.98. The topological polar surface area (TPSA) is 15.7 Å². The lowest BCUT2D eigenvalue weighted by Gasteiger charge is -2.32. The molecule has 0 aromatic heterocycles. The summed E-state index contributed by atoms with van der Waals surface area (Å²) >= 11 is 0. The highest BCUT2D eigenvalue weighted by Gasteiger charge is 2.26. The Hall–Kier alpha value is -1.06. The molecular formula is C19H30N2O. The summed E-state index contributed by atoms with van der Waals surface area (Å²) in [5.41, 5.74) is 1.27. The summed E-state index contributed by atoms with van der Waals surface area (Å²) in [6, 6.07) is 9.11. The maximum atomic E-state index is 5.93. The number of hydrogen-bond donors (Lipinski definition) is 0.